The van der Waals surface area contributed by atoms with Gasteiger partial charge in [-0.15, -0.1) is 0 Å². The molecule has 260 valence electrons. The summed E-state index contributed by atoms with van der Waals surface area (Å²) >= 11 is 6.45. The largest absolute Gasteiger partial charge is 0.490 e. The number of carbonyl (C=O) groups is 1. The molecule has 7 rings (SSSR count). The number of halogens is 1. The maximum absolute atomic E-state index is 12.9. The van der Waals surface area contributed by atoms with Crippen molar-refractivity contribution in [3.8, 4) is 5.75 Å². The van der Waals surface area contributed by atoms with Crippen LogP contribution < -0.4 is 9.64 Å². The van der Waals surface area contributed by atoms with Gasteiger partial charge >= 0.3 is 5.97 Å². The zero-order valence-electron chi connectivity index (χ0n) is 28.1. The van der Waals surface area contributed by atoms with Gasteiger partial charge in [-0.1, -0.05) is 23.7 Å². The Kier molecular flexibility index (Phi) is 9.74. The Morgan fingerprint density at radius 2 is 1.94 bits per heavy atom. The first kappa shape index (κ1) is 34.0. The van der Waals surface area contributed by atoms with Gasteiger partial charge in [0.1, 0.15) is 5.75 Å². The molecule has 0 radical (unpaired) electrons. The molecule has 0 bridgehead atoms. The number of aryl methyl sites for hydroxylation is 1. The molecule has 0 N–H and O–H groups in total. The Hall–Kier alpha value is -3.47. The number of nitrogens with zero attached hydrogens (tertiary/aromatic N) is 3. The third-order valence-corrected chi connectivity index (χ3v) is 13.1. The number of ether oxygens (including phenoxy) is 3. The van der Waals surface area contributed by atoms with Gasteiger partial charge in [0.2, 0.25) is 15.0 Å². The molecule has 2 heterocycles. The van der Waals surface area contributed by atoms with Crippen LogP contribution in [0.15, 0.2) is 71.7 Å². The molecule has 1 unspecified atom stereocenters. The van der Waals surface area contributed by atoms with Gasteiger partial charge in [0.25, 0.3) is 0 Å². The molecular formula is C38H44ClN3O6S. The van der Waals surface area contributed by atoms with Crippen molar-refractivity contribution in [3.05, 3.63) is 88.2 Å². The Balaban J connectivity index is 1.12. The van der Waals surface area contributed by atoms with Crippen molar-refractivity contribution in [1.82, 2.24) is 9.97 Å². The molecule has 2 aromatic carbocycles. The summed E-state index contributed by atoms with van der Waals surface area (Å²) in [5.41, 5.74) is 5.07. The summed E-state index contributed by atoms with van der Waals surface area (Å²) in [7, 11) is -0.343. The van der Waals surface area contributed by atoms with Crippen molar-refractivity contribution >= 4 is 33.1 Å². The molecule has 1 aromatic heterocycles. The fourth-order valence-corrected chi connectivity index (χ4v) is 10.3. The van der Waals surface area contributed by atoms with Crippen LogP contribution in [0.3, 0.4) is 0 Å². The van der Waals surface area contributed by atoms with E-state index in [2.05, 4.69) is 33.1 Å². The molecule has 3 aromatic rings. The zero-order valence-corrected chi connectivity index (χ0v) is 29.7. The number of allylic oxidation sites excluding steroid dienone is 1. The van der Waals surface area contributed by atoms with Gasteiger partial charge in [-0.05, 0) is 122 Å². The molecule has 0 amide bonds. The highest BCUT2D eigenvalue weighted by atomic mass is 35.5. The lowest BCUT2D eigenvalue weighted by atomic mass is 9.66. The lowest BCUT2D eigenvalue weighted by molar-refractivity contribution is 0.00323. The highest BCUT2D eigenvalue weighted by Gasteiger charge is 2.45. The summed E-state index contributed by atoms with van der Waals surface area (Å²) in [5.74, 6) is 1.19. The zero-order chi connectivity index (χ0) is 34.2. The van der Waals surface area contributed by atoms with Gasteiger partial charge in [-0.25, -0.2) is 23.2 Å². The van der Waals surface area contributed by atoms with E-state index >= 15 is 0 Å². The van der Waals surface area contributed by atoms with Crippen LogP contribution in [-0.4, -0.2) is 70.1 Å². The summed E-state index contributed by atoms with van der Waals surface area (Å²) in [6.07, 6.45) is 12.6. The van der Waals surface area contributed by atoms with Gasteiger partial charge < -0.3 is 19.1 Å². The molecule has 5 atom stereocenters. The molecule has 11 heteroatoms. The van der Waals surface area contributed by atoms with E-state index in [1.165, 1.54) is 36.2 Å². The predicted octanol–water partition coefficient (Wildman–Crippen LogP) is 6.63. The lowest BCUT2D eigenvalue weighted by Gasteiger charge is -2.47. The molecule has 1 spiro atoms. The molecule has 1 aliphatic heterocycles. The van der Waals surface area contributed by atoms with Crippen LogP contribution in [0.1, 0.15) is 66.4 Å². The molecule has 3 aliphatic carbocycles. The molecule has 0 saturated heterocycles. The van der Waals surface area contributed by atoms with E-state index in [0.29, 0.717) is 30.4 Å². The van der Waals surface area contributed by atoms with Crippen molar-refractivity contribution in [2.45, 2.75) is 68.0 Å². The molecular weight excluding hydrogens is 662 g/mol. The van der Waals surface area contributed by atoms with Crippen molar-refractivity contribution in [3.63, 3.8) is 0 Å². The number of carbonyl (C=O) groups excluding carboxylic acids is 1. The van der Waals surface area contributed by atoms with E-state index in [-0.39, 0.29) is 34.3 Å². The smallest absolute Gasteiger partial charge is 0.337 e. The minimum Gasteiger partial charge on any atom is -0.490 e. The van der Waals surface area contributed by atoms with Crippen molar-refractivity contribution < 1.29 is 27.4 Å². The Morgan fingerprint density at radius 3 is 2.65 bits per heavy atom. The average Bonchev–Trinajstić information content (AvgIpc) is 3.26. The maximum atomic E-state index is 12.9. The topological polar surface area (TPSA) is 108 Å². The monoisotopic (exact) mass is 705 g/mol. The summed E-state index contributed by atoms with van der Waals surface area (Å²) in [6.45, 7) is 2.13. The van der Waals surface area contributed by atoms with Crippen LogP contribution >= 0.6 is 11.6 Å². The summed E-state index contributed by atoms with van der Waals surface area (Å²) < 4.78 is 43.8. The highest BCUT2D eigenvalue weighted by molar-refractivity contribution is 7.91. The Morgan fingerprint density at radius 1 is 1.10 bits per heavy atom. The average molecular weight is 706 g/mol. The Labute approximate surface area is 293 Å². The van der Waals surface area contributed by atoms with E-state index in [4.69, 9.17) is 25.8 Å². The number of aromatic nitrogens is 2. The molecule has 9 nitrogen and oxygen atoms in total. The standard InChI is InChI=1S/C38H44ClN3O6S/c1-46-35(26-8-6-25(7-9-26)22-49(44,45)37-40-17-4-18-41-37)31-13-10-29(31)21-42-23-38(16-3-5-27-19-30(39)12-14-32(27)38)24-48-34-15-11-28(20-33(34)42)36(43)47-2/h4,8,11-12,14-15,17-20,25,29,31,35H,3,5-7,9-10,13,16,21-24H2,1-2H3/t25-,29-,31+,35+,38?/m0/s1. The first-order valence-electron chi connectivity index (χ1n) is 17.3. The number of methoxy groups -OCH3 is 2. The van der Waals surface area contributed by atoms with E-state index in [1.54, 1.807) is 19.2 Å². The molecule has 1 saturated carbocycles. The van der Waals surface area contributed by atoms with E-state index in [1.807, 2.05) is 18.2 Å². The van der Waals surface area contributed by atoms with E-state index in [0.717, 1.165) is 74.5 Å². The first-order chi connectivity index (χ1) is 23.7. The minimum atomic E-state index is -3.54. The predicted molar refractivity (Wildman–Crippen MR) is 188 cm³/mol. The number of benzene rings is 2. The molecule has 4 aliphatic rings. The van der Waals surface area contributed by atoms with Crippen LogP contribution in [0.2, 0.25) is 5.02 Å². The van der Waals surface area contributed by atoms with Crippen molar-refractivity contribution in [1.29, 1.82) is 0 Å². The number of esters is 1. The van der Waals surface area contributed by atoms with Crippen LogP contribution in [-0.2, 0) is 31.1 Å². The fourth-order valence-electron chi connectivity index (χ4n) is 8.61. The summed E-state index contributed by atoms with van der Waals surface area (Å²) in [5, 5.41) is 0.657. The van der Waals surface area contributed by atoms with Gasteiger partial charge in [0.15, 0.2) is 0 Å². The van der Waals surface area contributed by atoms with E-state index in [9.17, 15) is 13.2 Å². The number of sulfone groups is 1. The minimum absolute atomic E-state index is 0.0225. The Bertz CT molecular complexity index is 1840. The maximum Gasteiger partial charge on any atom is 0.337 e. The van der Waals surface area contributed by atoms with Crippen molar-refractivity contribution in [2.75, 3.05) is 44.6 Å². The molecule has 49 heavy (non-hydrogen) atoms. The summed E-state index contributed by atoms with van der Waals surface area (Å²) in [6, 6.07) is 13.5. The van der Waals surface area contributed by atoms with Crippen LogP contribution in [0.25, 0.3) is 0 Å². The van der Waals surface area contributed by atoms with Gasteiger partial charge in [0.05, 0.1) is 36.8 Å². The van der Waals surface area contributed by atoms with Crippen molar-refractivity contribution in [2.24, 2.45) is 17.8 Å². The summed E-state index contributed by atoms with van der Waals surface area (Å²) in [4.78, 5) is 23.0. The lowest BCUT2D eigenvalue weighted by Crippen LogP contribution is -2.50. The highest BCUT2D eigenvalue weighted by Crippen LogP contribution is 2.48. The van der Waals surface area contributed by atoms with Crippen LogP contribution in [0, 0.1) is 17.8 Å². The fraction of sp³-hybridized carbons (Fsp3) is 0.500. The van der Waals surface area contributed by atoms with Gasteiger partial charge in [-0.3, -0.25) is 0 Å². The normalized spacial score (nSPS) is 25.6. The first-order valence-corrected chi connectivity index (χ1v) is 19.3. The quantitative estimate of drug-likeness (QED) is 0.138. The number of hydrogen-bond acceptors (Lipinski definition) is 9. The number of rotatable bonds is 9. The third-order valence-electron chi connectivity index (χ3n) is 11.2. The van der Waals surface area contributed by atoms with Gasteiger partial charge in [0, 0.05) is 43.0 Å². The van der Waals surface area contributed by atoms with Crippen LogP contribution in [0.5, 0.6) is 5.75 Å². The second-order valence-electron chi connectivity index (χ2n) is 14.2. The van der Waals surface area contributed by atoms with E-state index < -0.39 is 9.84 Å². The molecule has 1 fully saturated rings. The number of fused-ring (bicyclic) bond motifs is 3. The number of hydrogen-bond donors (Lipinski definition) is 0. The van der Waals surface area contributed by atoms with Crippen LogP contribution in [0.4, 0.5) is 5.69 Å². The second kappa shape index (κ2) is 14.0. The SMILES string of the molecule is COC(=O)c1ccc2c(c1)N(C[C@@H]1CC[C@H]1[C@H](OC)C1=CC[C@H](CS(=O)(=O)c3ncccn3)CC1)CC1(CCCc3cc(Cl)ccc31)CO2. The van der Waals surface area contributed by atoms with Gasteiger partial charge in [-0.2, -0.15) is 0 Å². The number of anilines is 1. The third kappa shape index (κ3) is 6.84. The second-order valence-corrected chi connectivity index (χ2v) is 16.5.